The van der Waals surface area contributed by atoms with Gasteiger partial charge in [0.25, 0.3) is 0 Å². The predicted molar refractivity (Wildman–Crippen MR) is 93.1 cm³/mol. The molecule has 0 aromatic heterocycles. The Balaban J connectivity index is 2.20. The van der Waals surface area contributed by atoms with Crippen molar-refractivity contribution >= 4 is 21.8 Å². The van der Waals surface area contributed by atoms with Crippen LogP contribution < -0.4 is 0 Å². The van der Waals surface area contributed by atoms with Crippen molar-refractivity contribution in [3.05, 3.63) is 65.0 Å². The highest BCUT2D eigenvalue weighted by Gasteiger charge is 2.21. The normalized spacial score (nSPS) is 11.4. The van der Waals surface area contributed by atoms with Crippen molar-refractivity contribution in [2.75, 3.05) is 20.7 Å². The van der Waals surface area contributed by atoms with Gasteiger partial charge in [-0.25, -0.2) is 21.9 Å². The largest absolute Gasteiger partial charge is 0.454 e. The lowest BCUT2D eigenvalue weighted by Crippen LogP contribution is -2.23. The highest BCUT2D eigenvalue weighted by atomic mass is 32.2. The van der Waals surface area contributed by atoms with Crippen LogP contribution in [0.5, 0.6) is 0 Å². The number of carbonyl (C=O) groups excluding carboxylic acids is 2. The summed E-state index contributed by atoms with van der Waals surface area (Å²) in [6.07, 6.45) is 0. The van der Waals surface area contributed by atoms with E-state index in [1.807, 2.05) is 0 Å². The molecule has 0 radical (unpaired) electrons. The molecule has 26 heavy (non-hydrogen) atoms. The number of hydrogen-bond acceptors (Lipinski definition) is 5. The van der Waals surface area contributed by atoms with Gasteiger partial charge in [0.2, 0.25) is 15.8 Å². The summed E-state index contributed by atoms with van der Waals surface area (Å²) in [7, 11) is -0.970. The lowest BCUT2D eigenvalue weighted by molar-refractivity contribution is 0.0472. The number of aryl methyl sites for hydroxylation is 1. The third kappa shape index (κ3) is 4.14. The molecule has 2 rings (SSSR count). The van der Waals surface area contributed by atoms with E-state index in [-0.39, 0.29) is 16.0 Å². The lowest BCUT2D eigenvalue weighted by Gasteiger charge is -2.13. The molecule has 0 atom stereocenters. The zero-order valence-electron chi connectivity index (χ0n) is 14.5. The Kier molecular flexibility index (Phi) is 5.89. The first-order valence-electron chi connectivity index (χ1n) is 7.62. The summed E-state index contributed by atoms with van der Waals surface area (Å²) in [5.41, 5.74) is 0.335. The minimum absolute atomic E-state index is 0.0225. The van der Waals surface area contributed by atoms with Crippen LogP contribution in [0.4, 0.5) is 4.39 Å². The lowest BCUT2D eigenvalue weighted by atomic mass is 10.1. The average Bonchev–Trinajstić information content (AvgIpc) is 2.59. The predicted octanol–water partition coefficient (Wildman–Crippen LogP) is 2.42. The van der Waals surface area contributed by atoms with Crippen LogP contribution in [-0.4, -0.2) is 45.2 Å². The molecule has 6 nitrogen and oxygen atoms in total. The summed E-state index contributed by atoms with van der Waals surface area (Å²) in [5.74, 6) is -2.25. The Morgan fingerprint density at radius 2 is 1.73 bits per heavy atom. The molecule has 0 aliphatic carbocycles. The van der Waals surface area contributed by atoms with Crippen molar-refractivity contribution in [1.29, 1.82) is 0 Å². The van der Waals surface area contributed by atoms with Gasteiger partial charge >= 0.3 is 5.97 Å². The first-order chi connectivity index (χ1) is 12.1. The van der Waals surface area contributed by atoms with Crippen molar-refractivity contribution in [2.45, 2.75) is 11.8 Å². The molecule has 0 saturated heterocycles. The third-order valence-corrected chi connectivity index (χ3v) is 5.53. The van der Waals surface area contributed by atoms with E-state index in [2.05, 4.69) is 0 Å². The fourth-order valence-corrected chi connectivity index (χ4v) is 3.09. The van der Waals surface area contributed by atoms with Gasteiger partial charge in [-0.1, -0.05) is 18.2 Å². The zero-order valence-corrected chi connectivity index (χ0v) is 15.3. The molecule has 0 saturated carbocycles. The van der Waals surface area contributed by atoms with Crippen molar-refractivity contribution in [3.8, 4) is 0 Å². The number of nitrogens with zero attached hydrogens (tertiary/aromatic N) is 1. The third-order valence-electron chi connectivity index (χ3n) is 3.72. The molecular formula is C18H18FNO5S. The van der Waals surface area contributed by atoms with Crippen LogP contribution >= 0.6 is 0 Å². The Morgan fingerprint density at radius 1 is 1.08 bits per heavy atom. The molecule has 0 fully saturated rings. The number of ketones is 1. The van der Waals surface area contributed by atoms with Gasteiger partial charge in [0, 0.05) is 14.1 Å². The number of halogens is 1. The van der Waals surface area contributed by atoms with E-state index in [9.17, 15) is 22.4 Å². The van der Waals surface area contributed by atoms with Crippen LogP contribution in [0.1, 0.15) is 26.3 Å². The maximum Gasteiger partial charge on any atom is 0.338 e. The van der Waals surface area contributed by atoms with Crippen LogP contribution in [0.25, 0.3) is 0 Å². The molecule has 0 heterocycles. The maximum absolute atomic E-state index is 13.6. The van der Waals surface area contributed by atoms with Gasteiger partial charge in [-0.15, -0.1) is 0 Å². The van der Waals surface area contributed by atoms with Crippen molar-refractivity contribution < 1.29 is 27.1 Å². The summed E-state index contributed by atoms with van der Waals surface area (Å²) in [6.45, 7) is 0.963. The zero-order chi connectivity index (χ0) is 19.5. The van der Waals surface area contributed by atoms with Crippen LogP contribution in [0.2, 0.25) is 0 Å². The number of carbonyl (C=O) groups is 2. The first kappa shape index (κ1) is 19.7. The fourth-order valence-electron chi connectivity index (χ4n) is 2.17. The van der Waals surface area contributed by atoms with E-state index in [1.165, 1.54) is 50.5 Å². The van der Waals surface area contributed by atoms with Crippen LogP contribution in [0, 0.1) is 12.7 Å². The molecule has 0 bridgehead atoms. The van der Waals surface area contributed by atoms with Gasteiger partial charge in [0.15, 0.2) is 6.61 Å². The molecule has 0 amide bonds. The van der Waals surface area contributed by atoms with E-state index < -0.39 is 34.2 Å². The number of Topliss-reactive ketones (excluding diaryl/α,β-unsaturated/α-hetero) is 1. The minimum Gasteiger partial charge on any atom is -0.454 e. The Bertz CT molecular complexity index is 954. The quantitative estimate of drug-likeness (QED) is 0.569. The number of esters is 1. The van der Waals surface area contributed by atoms with Gasteiger partial charge in [-0.05, 0) is 36.8 Å². The first-order valence-corrected chi connectivity index (χ1v) is 9.06. The molecule has 0 N–H and O–H groups in total. The second kappa shape index (κ2) is 7.76. The standard InChI is InChI=1S/C18H18FNO5S/c1-12-8-9-13(26(23,24)20(2)3)10-15(12)18(22)25-11-17(21)14-6-4-5-7-16(14)19/h4-10H,11H2,1-3H3. The van der Waals surface area contributed by atoms with Gasteiger partial charge in [-0.3, -0.25) is 4.79 Å². The molecule has 2 aromatic carbocycles. The molecule has 138 valence electrons. The van der Waals surface area contributed by atoms with Crippen LogP contribution in [-0.2, 0) is 14.8 Å². The van der Waals surface area contributed by atoms with Crippen molar-refractivity contribution in [1.82, 2.24) is 4.31 Å². The number of hydrogen-bond donors (Lipinski definition) is 0. The summed E-state index contributed by atoms with van der Waals surface area (Å²) in [5, 5.41) is 0. The van der Waals surface area contributed by atoms with Gasteiger partial charge in [0.05, 0.1) is 16.0 Å². The minimum atomic E-state index is -3.72. The Labute approximate surface area is 151 Å². The highest BCUT2D eigenvalue weighted by molar-refractivity contribution is 7.89. The Hall–Kier alpha value is -2.58. The van der Waals surface area contributed by atoms with E-state index in [1.54, 1.807) is 6.92 Å². The molecular weight excluding hydrogens is 361 g/mol. The summed E-state index contributed by atoms with van der Waals surface area (Å²) in [4.78, 5) is 24.2. The second-order valence-electron chi connectivity index (χ2n) is 5.74. The highest BCUT2D eigenvalue weighted by Crippen LogP contribution is 2.19. The second-order valence-corrected chi connectivity index (χ2v) is 7.90. The number of rotatable bonds is 6. The van der Waals surface area contributed by atoms with Crippen LogP contribution in [0.15, 0.2) is 47.4 Å². The monoisotopic (exact) mass is 379 g/mol. The summed E-state index contributed by atoms with van der Waals surface area (Å²) < 4.78 is 43.9. The van der Waals surface area contributed by atoms with Gasteiger partial charge < -0.3 is 4.74 Å². The van der Waals surface area contributed by atoms with E-state index in [0.717, 1.165) is 10.4 Å². The van der Waals surface area contributed by atoms with E-state index in [4.69, 9.17) is 4.74 Å². The number of sulfonamides is 1. The van der Waals surface area contributed by atoms with E-state index in [0.29, 0.717) is 5.56 Å². The molecule has 0 spiro atoms. The van der Waals surface area contributed by atoms with Crippen molar-refractivity contribution in [2.24, 2.45) is 0 Å². The average molecular weight is 379 g/mol. The summed E-state index contributed by atoms with van der Waals surface area (Å²) >= 11 is 0. The maximum atomic E-state index is 13.6. The molecule has 2 aromatic rings. The van der Waals surface area contributed by atoms with Crippen molar-refractivity contribution in [3.63, 3.8) is 0 Å². The molecule has 0 aliphatic heterocycles. The smallest absolute Gasteiger partial charge is 0.338 e. The molecule has 8 heteroatoms. The molecule has 0 aliphatic rings. The topological polar surface area (TPSA) is 80.8 Å². The number of ether oxygens (including phenoxy) is 1. The summed E-state index contributed by atoms with van der Waals surface area (Å²) in [6, 6.07) is 9.42. The SMILES string of the molecule is Cc1ccc(S(=O)(=O)N(C)C)cc1C(=O)OCC(=O)c1ccccc1F. The van der Waals surface area contributed by atoms with Crippen LogP contribution in [0.3, 0.4) is 0 Å². The van der Waals surface area contributed by atoms with Gasteiger partial charge in [-0.2, -0.15) is 0 Å². The Morgan fingerprint density at radius 3 is 2.35 bits per heavy atom. The van der Waals surface area contributed by atoms with E-state index >= 15 is 0 Å². The number of benzene rings is 2. The fraction of sp³-hybridized carbons (Fsp3) is 0.222. The van der Waals surface area contributed by atoms with Gasteiger partial charge in [0.1, 0.15) is 5.82 Å². The molecule has 0 unspecified atom stereocenters.